The van der Waals surface area contributed by atoms with Gasteiger partial charge in [0.1, 0.15) is 6.04 Å². The summed E-state index contributed by atoms with van der Waals surface area (Å²) in [4.78, 5) is 42.2. The van der Waals surface area contributed by atoms with Crippen molar-refractivity contribution >= 4 is 28.7 Å². The van der Waals surface area contributed by atoms with Crippen molar-refractivity contribution in [2.45, 2.75) is 37.8 Å². The average molecular weight is 463 g/mol. The molecule has 2 heterocycles. The van der Waals surface area contributed by atoms with Gasteiger partial charge in [0.15, 0.2) is 0 Å². The third-order valence-corrected chi connectivity index (χ3v) is 6.51. The van der Waals surface area contributed by atoms with Gasteiger partial charge in [-0.2, -0.15) is 0 Å². The van der Waals surface area contributed by atoms with Crippen LogP contribution >= 0.6 is 0 Å². The summed E-state index contributed by atoms with van der Waals surface area (Å²) in [7, 11) is 0. The SMILES string of the molecule is N[C@@H](Cc1c[nH]c2ccccc12)C(=O)N1CCC(C(=O)N[C@@H](Cc2ccccc2)C(=O)O)CC1. The van der Waals surface area contributed by atoms with E-state index < -0.39 is 18.1 Å². The number of nitrogens with zero attached hydrogens (tertiary/aromatic N) is 1. The summed E-state index contributed by atoms with van der Waals surface area (Å²) in [5.74, 6) is -1.80. The van der Waals surface area contributed by atoms with Gasteiger partial charge in [0.25, 0.3) is 0 Å². The number of aromatic amines is 1. The number of H-pyrrole nitrogens is 1. The van der Waals surface area contributed by atoms with Crippen LogP contribution in [0.3, 0.4) is 0 Å². The lowest BCUT2D eigenvalue weighted by atomic mass is 9.94. The summed E-state index contributed by atoms with van der Waals surface area (Å²) < 4.78 is 0. The molecule has 2 atom stereocenters. The zero-order valence-electron chi connectivity index (χ0n) is 18.9. The number of aliphatic carboxylic acids is 1. The van der Waals surface area contributed by atoms with Crippen molar-refractivity contribution in [2.24, 2.45) is 11.7 Å². The van der Waals surface area contributed by atoms with Crippen LogP contribution in [0.15, 0.2) is 60.8 Å². The molecule has 0 saturated carbocycles. The summed E-state index contributed by atoms with van der Waals surface area (Å²) in [6, 6.07) is 15.5. The first-order valence-corrected chi connectivity index (χ1v) is 11.6. The van der Waals surface area contributed by atoms with E-state index in [1.807, 2.05) is 60.8 Å². The Morgan fingerprint density at radius 2 is 1.71 bits per heavy atom. The fourth-order valence-corrected chi connectivity index (χ4v) is 4.56. The number of nitrogens with two attached hydrogens (primary N) is 1. The maximum Gasteiger partial charge on any atom is 0.326 e. The van der Waals surface area contributed by atoms with Gasteiger partial charge in [-0.05, 0) is 36.5 Å². The first kappa shape index (κ1) is 23.5. The van der Waals surface area contributed by atoms with Crippen molar-refractivity contribution in [1.29, 1.82) is 0 Å². The fourth-order valence-electron chi connectivity index (χ4n) is 4.56. The highest BCUT2D eigenvalue weighted by molar-refractivity contribution is 5.87. The second-order valence-corrected chi connectivity index (χ2v) is 8.86. The van der Waals surface area contributed by atoms with Gasteiger partial charge in [-0.3, -0.25) is 9.59 Å². The topological polar surface area (TPSA) is 129 Å². The van der Waals surface area contributed by atoms with E-state index in [4.69, 9.17) is 5.73 Å². The predicted molar refractivity (Wildman–Crippen MR) is 129 cm³/mol. The van der Waals surface area contributed by atoms with Crippen molar-refractivity contribution < 1.29 is 19.5 Å². The average Bonchev–Trinajstić information content (AvgIpc) is 3.26. The Kier molecular flexibility index (Phi) is 7.27. The number of amides is 2. The molecule has 8 nitrogen and oxygen atoms in total. The van der Waals surface area contributed by atoms with Crippen molar-refractivity contribution in [3.63, 3.8) is 0 Å². The Morgan fingerprint density at radius 3 is 2.41 bits per heavy atom. The minimum atomic E-state index is -1.06. The number of aromatic nitrogens is 1. The van der Waals surface area contributed by atoms with E-state index in [2.05, 4.69) is 10.3 Å². The monoisotopic (exact) mass is 462 g/mol. The third-order valence-electron chi connectivity index (χ3n) is 6.51. The number of para-hydroxylation sites is 1. The minimum absolute atomic E-state index is 0.128. The van der Waals surface area contributed by atoms with Gasteiger partial charge in [0.2, 0.25) is 11.8 Å². The van der Waals surface area contributed by atoms with E-state index in [9.17, 15) is 19.5 Å². The van der Waals surface area contributed by atoms with Crippen LogP contribution in [0.4, 0.5) is 0 Å². The summed E-state index contributed by atoms with van der Waals surface area (Å²) >= 11 is 0. The molecule has 0 bridgehead atoms. The number of benzene rings is 2. The van der Waals surface area contributed by atoms with Crippen LogP contribution in [-0.2, 0) is 27.2 Å². The van der Waals surface area contributed by atoms with Crippen LogP contribution in [0.5, 0.6) is 0 Å². The Bertz CT molecular complexity index is 1150. The Labute approximate surface area is 198 Å². The molecule has 1 aliphatic heterocycles. The lowest BCUT2D eigenvalue weighted by Gasteiger charge is -2.33. The molecule has 5 N–H and O–H groups in total. The lowest BCUT2D eigenvalue weighted by molar-refractivity contribution is -0.143. The van der Waals surface area contributed by atoms with Crippen LogP contribution in [-0.4, -0.2) is 57.9 Å². The quantitative estimate of drug-likeness (QED) is 0.407. The van der Waals surface area contributed by atoms with E-state index in [0.717, 1.165) is 22.0 Å². The molecule has 0 aliphatic carbocycles. The first-order valence-electron chi connectivity index (χ1n) is 11.6. The van der Waals surface area contributed by atoms with Crippen LogP contribution in [0.2, 0.25) is 0 Å². The molecule has 8 heteroatoms. The molecule has 0 unspecified atom stereocenters. The van der Waals surface area contributed by atoms with E-state index in [1.54, 1.807) is 4.90 Å². The van der Waals surface area contributed by atoms with Gasteiger partial charge >= 0.3 is 5.97 Å². The zero-order chi connectivity index (χ0) is 24.1. The highest BCUT2D eigenvalue weighted by atomic mass is 16.4. The van der Waals surface area contributed by atoms with Gasteiger partial charge in [-0.25, -0.2) is 4.79 Å². The Balaban J connectivity index is 1.29. The second-order valence-electron chi connectivity index (χ2n) is 8.86. The molecular formula is C26H30N4O4. The van der Waals surface area contributed by atoms with Gasteiger partial charge in [-0.1, -0.05) is 48.5 Å². The Morgan fingerprint density at radius 1 is 1.03 bits per heavy atom. The number of carboxylic acids is 1. The molecule has 0 spiro atoms. The molecule has 1 aliphatic rings. The number of likely N-dealkylation sites (tertiary alicyclic amines) is 1. The molecule has 1 aromatic heterocycles. The molecule has 1 fully saturated rings. The van der Waals surface area contributed by atoms with E-state index in [1.165, 1.54) is 0 Å². The standard InChI is InChI=1S/C26H30N4O4/c27-21(15-19-16-28-22-9-5-4-8-20(19)22)25(32)30-12-10-18(11-13-30)24(31)29-23(26(33)34)14-17-6-2-1-3-7-17/h1-9,16,18,21,23,28H,10-15,27H2,(H,29,31)(H,33,34)/t21-,23-/m0/s1. The first-order chi connectivity index (χ1) is 16.4. The second kappa shape index (κ2) is 10.5. The Hall–Kier alpha value is -3.65. The largest absolute Gasteiger partial charge is 0.480 e. The summed E-state index contributed by atoms with van der Waals surface area (Å²) in [5, 5.41) is 13.3. The third kappa shape index (κ3) is 5.46. The number of carboxylic acid groups (broad SMARTS) is 1. The number of fused-ring (bicyclic) bond motifs is 1. The summed E-state index contributed by atoms with van der Waals surface area (Å²) in [6.07, 6.45) is 3.51. The lowest BCUT2D eigenvalue weighted by Crippen LogP contribution is -2.51. The number of hydrogen-bond acceptors (Lipinski definition) is 4. The van der Waals surface area contributed by atoms with Gasteiger partial charge in [-0.15, -0.1) is 0 Å². The predicted octanol–water partition coefficient (Wildman–Crippen LogP) is 2.09. The summed E-state index contributed by atoms with van der Waals surface area (Å²) in [5.41, 5.74) is 9.11. The molecule has 34 heavy (non-hydrogen) atoms. The van der Waals surface area contributed by atoms with Crippen molar-refractivity contribution in [2.75, 3.05) is 13.1 Å². The van der Waals surface area contributed by atoms with E-state index in [0.29, 0.717) is 32.4 Å². The van der Waals surface area contributed by atoms with Crippen LogP contribution < -0.4 is 11.1 Å². The molecule has 0 radical (unpaired) electrons. The molecular weight excluding hydrogens is 432 g/mol. The smallest absolute Gasteiger partial charge is 0.326 e. The van der Waals surface area contributed by atoms with Crippen molar-refractivity contribution in [3.05, 3.63) is 71.9 Å². The van der Waals surface area contributed by atoms with Gasteiger partial charge < -0.3 is 26.0 Å². The summed E-state index contributed by atoms with van der Waals surface area (Å²) in [6.45, 7) is 0.851. The van der Waals surface area contributed by atoms with Gasteiger partial charge in [0, 0.05) is 42.5 Å². The highest BCUT2D eigenvalue weighted by Crippen LogP contribution is 2.21. The number of carbonyl (C=O) groups excluding carboxylic acids is 2. The van der Waals surface area contributed by atoms with Crippen LogP contribution in [0.1, 0.15) is 24.0 Å². The molecule has 4 rings (SSSR count). The molecule has 178 valence electrons. The van der Waals surface area contributed by atoms with Crippen molar-refractivity contribution in [3.8, 4) is 0 Å². The minimum Gasteiger partial charge on any atom is -0.480 e. The number of nitrogens with one attached hydrogen (secondary N) is 2. The highest BCUT2D eigenvalue weighted by Gasteiger charge is 2.31. The number of rotatable bonds is 8. The molecule has 2 aromatic carbocycles. The normalized spacial score (nSPS) is 16.2. The number of piperidine rings is 1. The molecule has 2 amide bonds. The van der Waals surface area contributed by atoms with E-state index >= 15 is 0 Å². The number of carbonyl (C=O) groups is 3. The maximum atomic E-state index is 12.9. The van der Waals surface area contributed by atoms with E-state index in [-0.39, 0.29) is 24.2 Å². The van der Waals surface area contributed by atoms with Gasteiger partial charge in [0.05, 0.1) is 6.04 Å². The van der Waals surface area contributed by atoms with Crippen LogP contribution in [0, 0.1) is 5.92 Å². The van der Waals surface area contributed by atoms with Crippen LogP contribution in [0.25, 0.3) is 10.9 Å². The maximum absolute atomic E-state index is 12.9. The molecule has 1 saturated heterocycles. The van der Waals surface area contributed by atoms with Crippen molar-refractivity contribution in [1.82, 2.24) is 15.2 Å². The number of hydrogen-bond donors (Lipinski definition) is 4. The fraction of sp³-hybridized carbons (Fsp3) is 0.346. The zero-order valence-corrected chi connectivity index (χ0v) is 18.9. The molecule has 3 aromatic rings.